The van der Waals surface area contributed by atoms with Gasteiger partial charge in [-0.25, -0.2) is 0 Å². The zero-order valence-corrected chi connectivity index (χ0v) is 14.2. The van der Waals surface area contributed by atoms with E-state index < -0.39 is 0 Å². The lowest BCUT2D eigenvalue weighted by atomic mass is 9.82. The molecule has 0 radical (unpaired) electrons. The number of carbonyl (C=O) groups is 1. The third kappa shape index (κ3) is 4.19. The Morgan fingerprint density at radius 2 is 2.00 bits per heavy atom. The lowest BCUT2D eigenvalue weighted by Gasteiger charge is -2.53. The molecular weight excluding hydrogens is 264 g/mol. The summed E-state index contributed by atoms with van der Waals surface area (Å²) in [5.41, 5.74) is -0.00754. The van der Waals surface area contributed by atoms with Crippen LogP contribution in [-0.4, -0.2) is 60.6 Å². The summed E-state index contributed by atoms with van der Waals surface area (Å²) in [4.78, 5) is 16.5. The molecule has 0 unspecified atom stereocenters. The minimum atomic E-state index is -0.00754. The summed E-state index contributed by atoms with van der Waals surface area (Å²) in [6, 6.07) is 0. The van der Waals surface area contributed by atoms with Gasteiger partial charge in [-0.1, -0.05) is 27.7 Å². The van der Waals surface area contributed by atoms with Crippen LogP contribution in [0.2, 0.25) is 0 Å². The summed E-state index contributed by atoms with van der Waals surface area (Å²) in [5.74, 6) is 1.40. The van der Waals surface area contributed by atoms with E-state index in [9.17, 15) is 4.79 Å². The molecule has 0 aromatic carbocycles. The number of likely N-dealkylation sites (tertiary alicyclic amines) is 1. The van der Waals surface area contributed by atoms with E-state index in [0.29, 0.717) is 24.2 Å². The highest BCUT2D eigenvalue weighted by molar-refractivity contribution is 5.77. The summed E-state index contributed by atoms with van der Waals surface area (Å²) >= 11 is 0. The van der Waals surface area contributed by atoms with Crippen molar-refractivity contribution < 1.29 is 9.53 Å². The van der Waals surface area contributed by atoms with E-state index in [2.05, 4.69) is 32.6 Å². The predicted molar refractivity (Wildman–Crippen MR) is 85.2 cm³/mol. The Hall–Kier alpha value is -0.610. The highest BCUT2D eigenvalue weighted by Crippen LogP contribution is 2.36. The van der Waals surface area contributed by atoms with Crippen LogP contribution in [0, 0.1) is 11.8 Å². The van der Waals surface area contributed by atoms with Crippen LogP contribution >= 0.6 is 0 Å². The van der Waals surface area contributed by atoms with Gasteiger partial charge in [0.2, 0.25) is 5.91 Å². The van der Waals surface area contributed by atoms with Gasteiger partial charge >= 0.3 is 0 Å². The molecule has 2 aliphatic rings. The van der Waals surface area contributed by atoms with Gasteiger partial charge in [-0.15, -0.1) is 0 Å². The van der Waals surface area contributed by atoms with Crippen LogP contribution in [-0.2, 0) is 9.53 Å². The maximum Gasteiger partial charge on any atom is 0.223 e. The van der Waals surface area contributed by atoms with E-state index in [1.165, 1.54) is 6.42 Å². The zero-order chi connectivity index (χ0) is 15.5. The normalized spacial score (nSPS) is 24.7. The SMILES string of the molecule is CCN(CC)C[C@@H]1CCC2(CN(C(=O)CC(C)C)C2)OC1. The molecule has 0 saturated carbocycles. The Morgan fingerprint density at radius 3 is 2.48 bits per heavy atom. The molecule has 1 spiro atoms. The average Bonchev–Trinajstić information content (AvgIpc) is 2.42. The Bertz CT molecular complexity index is 337. The molecule has 1 atom stereocenters. The van der Waals surface area contributed by atoms with Crippen molar-refractivity contribution in [3.8, 4) is 0 Å². The first-order valence-electron chi connectivity index (χ1n) is 8.62. The molecule has 2 fully saturated rings. The van der Waals surface area contributed by atoms with E-state index >= 15 is 0 Å². The predicted octanol–water partition coefficient (Wildman–Crippen LogP) is 2.38. The largest absolute Gasteiger partial charge is 0.371 e. The fourth-order valence-corrected chi connectivity index (χ4v) is 3.46. The van der Waals surface area contributed by atoms with Crippen molar-refractivity contribution in [1.82, 2.24) is 9.80 Å². The van der Waals surface area contributed by atoms with E-state index in [0.717, 1.165) is 45.8 Å². The first-order chi connectivity index (χ1) is 9.98. The van der Waals surface area contributed by atoms with Gasteiger partial charge in [0.1, 0.15) is 5.60 Å². The van der Waals surface area contributed by atoms with Crippen LogP contribution < -0.4 is 0 Å². The first kappa shape index (κ1) is 16.8. The molecule has 21 heavy (non-hydrogen) atoms. The maximum atomic E-state index is 12.0. The van der Waals surface area contributed by atoms with Crippen molar-refractivity contribution in [2.75, 3.05) is 39.3 Å². The van der Waals surface area contributed by atoms with Gasteiger partial charge in [0.25, 0.3) is 0 Å². The Kier molecular flexibility index (Phi) is 5.67. The van der Waals surface area contributed by atoms with Gasteiger partial charge in [-0.3, -0.25) is 4.79 Å². The van der Waals surface area contributed by atoms with Crippen molar-refractivity contribution in [2.24, 2.45) is 11.8 Å². The molecule has 4 heteroatoms. The molecule has 122 valence electrons. The summed E-state index contributed by atoms with van der Waals surface area (Å²) in [6.45, 7) is 14.5. The van der Waals surface area contributed by atoms with Gasteiger partial charge in [-0.2, -0.15) is 0 Å². The molecule has 2 heterocycles. The lowest BCUT2D eigenvalue weighted by molar-refractivity contribution is -0.190. The van der Waals surface area contributed by atoms with E-state index in [1.807, 2.05) is 4.90 Å². The fourth-order valence-electron chi connectivity index (χ4n) is 3.46. The summed E-state index contributed by atoms with van der Waals surface area (Å²) in [6.07, 6.45) is 3.02. The first-order valence-corrected chi connectivity index (χ1v) is 8.62. The van der Waals surface area contributed by atoms with Crippen molar-refractivity contribution in [3.63, 3.8) is 0 Å². The molecular formula is C17H32N2O2. The molecule has 0 aromatic rings. The van der Waals surface area contributed by atoms with Gasteiger partial charge in [0.15, 0.2) is 0 Å². The Balaban J connectivity index is 1.72. The van der Waals surface area contributed by atoms with E-state index in [-0.39, 0.29) is 5.60 Å². The third-order valence-corrected chi connectivity index (χ3v) is 4.94. The highest BCUT2D eigenvalue weighted by Gasteiger charge is 2.48. The molecule has 0 aromatic heterocycles. The second-order valence-electron chi connectivity index (χ2n) is 7.23. The zero-order valence-electron chi connectivity index (χ0n) is 14.2. The smallest absolute Gasteiger partial charge is 0.223 e. The average molecular weight is 296 g/mol. The summed E-state index contributed by atoms with van der Waals surface area (Å²) in [7, 11) is 0. The number of hydrogen-bond acceptors (Lipinski definition) is 3. The fraction of sp³-hybridized carbons (Fsp3) is 0.941. The second kappa shape index (κ2) is 7.10. The number of nitrogens with zero attached hydrogens (tertiary/aromatic N) is 2. The Labute approximate surface area is 129 Å². The van der Waals surface area contributed by atoms with Gasteiger partial charge < -0.3 is 14.5 Å². The van der Waals surface area contributed by atoms with Crippen molar-refractivity contribution in [2.45, 2.75) is 52.6 Å². The molecule has 1 amide bonds. The van der Waals surface area contributed by atoms with Crippen LogP contribution in [0.5, 0.6) is 0 Å². The molecule has 2 saturated heterocycles. The number of rotatable bonds is 6. The minimum Gasteiger partial charge on any atom is -0.371 e. The number of amides is 1. The van der Waals surface area contributed by atoms with Crippen molar-refractivity contribution in [3.05, 3.63) is 0 Å². The number of carbonyl (C=O) groups excluding carboxylic acids is 1. The molecule has 4 nitrogen and oxygen atoms in total. The van der Waals surface area contributed by atoms with Crippen molar-refractivity contribution in [1.29, 1.82) is 0 Å². The van der Waals surface area contributed by atoms with Gasteiger partial charge in [0.05, 0.1) is 19.7 Å². The molecule has 2 rings (SSSR count). The standard InChI is InChI=1S/C17H32N2O2/c1-5-18(6-2)10-15-7-8-17(21-11-15)12-19(13-17)16(20)9-14(3)4/h14-15H,5-13H2,1-4H3/t15-/m0/s1. The molecule has 0 bridgehead atoms. The summed E-state index contributed by atoms with van der Waals surface area (Å²) in [5, 5.41) is 0. The number of ether oxygens (including phenoxy) is 1. The van der Waals surface area contributed by atoms with Gasteiger partial charge in [0, 0.05) is 13.0 Å². The molecule has 2 aliphatic heterocycles. The van der Waals surface area contributed by atoms with Crippen LogP contribution in [0.25, 0.3) is 0 Å². The van der Waals surface area contributed by atoms with E-state index in [1.54, 1.807) is 0 Å². The topological polar surface area (TPSA) is 32.8 Å². The quantitative estimate of drug-likeness (QED) is 0.754. The lowest BCUT2D eigenvalue weighted by Crippen LogP contribution is -2.66. The summed E-state index contributed by atoms with van der Waals surface area (Å²) < 4.78 is 6.17. The minimum absolute atomic E-state index is 0.00754. The van der Waals surface area contributed by atoms with Crippen LogP contribution in [0.4, 0.5) is 0 Å². The Morgan fingerprint density at radius 1 is 1.33 bits per heavy atom. The number of hydrogen-bond donors (Lipinski definition) is 0. The van der Waals surface area contributed by atoms with Crippen molar-refractivity contribution >= 4 is 5.91 Å². The molecule has 0 aliphatic carbocycles. The van der Waals surface area contributed by atoms with Crippen LogP contribution in [0.1, 0.15) is 47.0 Å². The second-order valence-corrected chi connectivity index (χ2v) is 7.23. The third-order valence-electron chi connectivity index (χ3n) is 4.94. The highest BCUT2D eigenvalue weighted by atomic mass is 16.5. The monoisotopic (exact) mass is 296 g/mol. The van der Waals surface area contributed by atoms with Crippen LogP contribution in [0.15, 0.2) is 0 Å². The van der Waals surface area contributed by atoms with E-state index in [4.69, 9.17) is 4.74 Å². The maximum absolute atomic E-state index is 12.0. The van der Waals surface area contributed by atoms with Gasteiger partial charge in [-0.05, 0) is 37.8 Å². The molecule has 0 N–H and O–H groups in total. The van der Waals surface area contributed by atoms with Crippen LogP contribution in [0.3, 0.4) is 0 Å².